The Labute approximate surface area is 139 Å². The highest BCUT2D eigenvalue weighted by molar-refractivity contribution is 5.76. The molecule has 2 atom stereocenters. The third kappa shape index (κ3) is 2.92. The lowest BCUT2D eigenvalue weighted by molar-refractivity contribution is -0.173. The smallest absolute Gasteiger partial charge is 0.223 e. The fourth-order valence-corrected chi connectivity index (χ4v) is 5.11. The molecule has 0 bridgehead atoms. The summed E-state index contributed by atoms with van der Waals surface area (Å²) in [7, 11) is 2.13. The Morgan fingerprint density at radius 2 is 1.96 bits per heavy atom. The van der Waals surface area contributed by atoms with Crippen LogP contribution in [0.4, 0.5) is 0 Å². The van der Waals surface area contributed by atoms with Crippen molar-refractivity contribution in [2.75, 3.05) is 52.9 Å². The van der Waals surface area contributed by atoms with E-state index in [1.807, 2.05) is 0 Å². The number of likely N-dealkylation sites (tertiary alicyclic amines) is 1. The number of likely N-dealkylation sites (N-methyl/N-ethyl adjacent to an activating group) is 1. The molecule has 130 valence electrons. The number of carbonyl (C=O) groups excluding carboxylic acids is 1. The quantitative estimate of drug-likeness (QED) is 0.779. The first kappa shape index (κ1) is 15.9. The van der Waals surface area contributed by atoms with Crippen LogP contribution in [0.25, 0.3) is 0 Å². The van der Waals surface area contributed by atoms with E-state index in [1.165, 1.54) is 38.6 Å². The highest BCUT2D eigenvalue weighted by Crippen LogP contribution is 2.55. The highest BCUT2D eigenvalue weighted by Gasteiger charge is 2.58. The van der Waals surface area contributed by atoms with Crippen LogP contribution < -0.4 is 0 Å². The Kier molecular flexibility index (Phi) is 4.37. The zero-order valence-corrected chi connectivity index (χ0v) is 14.5. The predicted octanol–water partition coefficient (Wildman–Crippen LogP) is 1.18. The summed E-state index contributed by atoms with van der Waals surface area (Å²) in [6.07, 6.45) is 7.68. The zero-order chi connectivity index (χ0) is 15.9. The van der Waals surface area contributed by atoms with Gasteiger partial charge in [-0.1, -0.05) is 6.42 Å². The van der Waals surface area contributed by atoms with Gasteiger partial charge in [-0.2, -0.15) is 0 Å². The van der Waals surface area contributed by atoms with Crippen molar-refractivity contribution in [2.45, 2.75) is 50.7 Å². The fourth-order valence-electron chi connectivity index (χ4n) is 5.11. The van der Waals surface area contributed by atoms with Crippen molar-refractivity contribution >= 4 is 5.91 Å². The number of hydrogen-bond acceptors (Lipinski definition) is 4. The van der Waals surface area contributed by atoms with Crippen molar-refractivity contribution in [3.8, 4) is 0 Å². The summed E-state index contributed by atoms with van der Waals surface area (Å²) >= 11 is 0. The zero-order valence-electron chi connectivity index (χ0n) is 14.5. The van der Waals surface area contributed by atoms with Crippen molar-refractivity contribution in [3.63, 3.8) is 0 Å². The summed E-state index contributed by atoms with van der Waals surface area (Å²) in [6.45, 7) is 6.88. The largest absolute Gasteiger partial charge is 0.377 e. The van der Waals surface area contributed by atoms with E-state index in [0.29, 0.717) is 29.9 Å². The van der Waals surface area contributed by atoms with Gasteiger partial charge in [-0.15, -0.1) is 0 Å². The van der Waals surface area contributed by atoms with Crippen LogP contribution in [0.2, 0.25) is 0 Å². The number of hydrogen-bond donors (Lipinski definition) is 0. The van der Waals surface area contributed by atoms with Gasteiger partial charge < -0.3 is 14.5 Å². The average molecular weight is 321 g/mol. The second-order valence-corrected chi connectivity index (χ2v) is 8.12. The number of carbonyl (C=O) groups is 1. The minimum Gasteiger partial charge on any atom is -0.377 e. The van der Waals surface area contributed by atoms with Crippen molar-refractivity contribution in [2.24, 2.45) is 5.41 Å². The summed E-state index contributed by atoms with van der Waals surface area (Å²) in [6, 6.07) is 0.596. The Bertz CT molecular complexity index is 438. The fraction of sp³-hybridized carbons (Fsp3) is 0.944. The molecule has 5 nitrogen and oxygen atoms in total. The van der Waals surface area contributed by atoms with E-state index in [2.05, 4.69) is 21.7 Å². The number of ether oxygens (including phenoxy) is 1. The molecule has 1 spiro atoms. The molecule has 3 saturated heterocycles. The molecule has 23 heavy (non-hydrogen) atoms. The molecule has 4 fully saturated rings. The summed E-state index contributed by atoms with van der Waals surface area (Å²) < 4.78 is 6.01. The number of amides is 1. The maximum atomic E-state index is 12.5. The molecule has 4 rings (SSSR count). The van der Waals surface area contributed by atoms with Gasteiger partial charge in [0.15, 0.2) is 0 Å². The predicted molar refractivity (Wildman–Crippen MR) is 89.3 cm³/mol. The van der Waals surface area contributed by atoms with Gasteiger partial charge in [-0.25, -0.2) is 0 Å². The Hall–Kier alpha value is -0.650. The molecule has 5 heteroatoms. The molecule has 3 heterocycles. The van der Waals surface area contributed by atoms with Gasteiger partial charge in [0, 0.05) is 63.8 Å². The van der Waals surface area contributed by atoms with E-state index in [0.717, 1.165) is 39.3 Å². The molecule has 0 aromatic heterocycles. The summed E-state index contributed by atoms with van der Waals surface area (Å²) in [5.41, 5.74) is 0.548. The van der Waals surface area contributed by atoms with E-state index < -0.39 is 0 Å². The molecule has 0 unspecified atom stereocenters. The van der Waals surface area contributed by atoms with Gasteiger partial charge in [-0.3, -0.25) is 9.69 Å². The van der Waals surface area contributed by atoms with Crippen LogP contribution in [0.3, 0.4) is 0 Å². The van der Waals surface area contributed by atoms with Crippen LogP contribution in [0.5, 0.6) is 0 Å². The van der Waals surface area contributed by atoms with Crippen molar-refractivity contribution < 1.29 is 9.53 Å². The van der Waals surface area contributed by atoms with Gasteiger partial charge >= 0.3 is 0 Å². The number of nitrogens with zero attached hydrogens (tertiary/aromatic N) is 3. The topological polar surface area (TPSA) is 36.0 Å². The summed E-state index contributed by atoms with van der Waals surface area (Å²) in [5, 5.41) is 0. The van der Waals surface area contributed by atoms with E-state index in [4.69, 9.17) is 4.74 Å². The van der Waals surface area contributed by atoms with E-state index >= 15 is 0 Å². The molecule has 1 saturated carbocycles. The molecule has 1 amide bonds. The normalized spacial score (nSPS) is 34.4. The lowest BCUT2D eigenvalue weighted by atomic mass is 9.56. The van der Waals surface area contributed by atoms with Gasteiger partial charge in [0.05, 0.1) is 6.10 Å². The summed E-state index contributed by atoms with van der Waals surface area (Å²) in [5.74, 6) is 0.346. The Balaban J connectivity index is 1.29. The second-order valence-electron chi connectivity index (χ2n) is 8.12. The first-order valence-corrected chi connectivity index (χ1v) is 9.50. The molecule has 0 radical (unpaired) electrons. The lowest BCUT2D eigenvalue weighted by Crippen LogP contribution is -2.71. The first-order valence-electron chi connectivity index (χ1n) is 9.50. The lowest BCUT2D eigenvalue weighted by Gasteiger charge is -2.64. The maximum absolute atomic E-state index is 12.5. The van der Waals surface area contributed by atoms with Crippen LogP contribution in [0.15, 0.2) is 0 Å². The Morgan fingerprint density at radius 3 is 2.57 bits per heavy atom. The summed E-state index contributed by atoms with van der Waals surface area (Å²) in [4.78, 5) is 19.4. The molecule has 0 aromatic rings. The molecule has 0 aromatic carbocycles. The standard InChI is InChI=1S/C18H31N3O2/c1-19-9-11-20(12-10-19)16(22)5-8-21-14-18(6-3-7-18)17(21)15-4-2-13-23-15/h15,17H,2-14H2,1H3/t15-,17-/m0/s1. The third-order valence-electron chi connectivity index (χ3n) is 6.67. The number of rotatable bonds is 4. The van der Waals surface area contributed by atoms with Gasteiger partial charge in [0.2, 0.25) is 5.91 Å². The molecular formula is C18H31N3O2. The first-order chi connectivity index (χ1) is 11.2. The van der Waals surface area contributed by atoms with Gasteiger partial charge in [-0.05, 0) is 32.7 Å². The number of piperazine rings is 1. The SMILES string of the molecule is CN1CCN(C(=O)CCN2CC3(CCC3)[C@@H]2[C@@H]2CCCO2)CC1. The molecule has 1 aliphatic carbocycles. The highest BCUT2D eigenvalue weighted by atomic mass is 16.5. The van der Waals surface area contributed by atoms with Crippen molar-refractivity contribution in [3.05, 3.63) is 0 Å². The monoisotopic (exact) mass is 321 g/mol. The van der Waals surface area contributed by atoms with E-state index in [9.17, 15) is 4.79 Å². The molecule has 0 N–H and O–H groups in total. The maximum Gasteiger partial charge on any atom is 0.223 e. The third-order valence-corrected chi connectivity index (χ3v) is 6.67. The van der Waals surface area contributed by atoms with E-state index in [-0.39, 0.29) is 0 Å². The molecule has 4 aliphatic rings. The molecular weight excluding hydrogens is 290 g/mol. The van der Waals surface area contributed by atoms with Crippen LogP contribution in [-0.4, -0.2) is 85.7 Å². The van der Waals surface area contributed by atoms with Gasteiger partial charge in [0.25, 0.3) is 0 Å². The minimum atomic E-state index is 0.346. The van der Waals surface area contributed by atoms with Crippen LogP contribution >= 0.6 is 0 Å². The van der Waals surface area contributed by atoms with Crippen LogP contribution in [0, 0.1) is 5.41 Å². The van der Waals surface area contributed by atoms with Crippen LogP contribution in [-0.2, 0) is 9.53 Å². The van der Waals surface area contributed by atoms with Crippen molar-refractivity contribution in [1.82, 2.24) is 14.7 Å². The van der Waals surface area contributed by atoms with Gasteiger partial charge in [0.1, 0.15) is 0 Å². The Morgan fingerprint density at radius 1 is 1.17 bits per heavy atom. The second kappa shape index (κ2) is 6.34. The van der Waals surface area contributed by atoms with Crippen LogP contribution in [0.1, 0.15) is 38.5 Å². The van der Waals surface area contributed by atoms with Crippen molar-refractivity contribution in [1.29, 1.82) is 0 Å². The molecule has 3 aliphatic heterocycles. The van der Waals surface area contributed by atoms with E-state index in [1.54, 1.807) is 0 Å². The average Bonchev–Trinajstić information content (AvgIpc) is 2.98. The minimum absolute atomic E-state index is 0.346.